The predicted octanol–water partition coefficient (Wildman–Crippen LogP) is 4.23. The van der Waals surface area contributed by atoms with Gasteiger partial charge in [0.05, 0.1) is 11.6 Å². The van der Waals surface area contributed by atoms with Gasteiger partial charge in [-0.25, -0.2) is 0 Å². The zero-order valence-corrected chi connectivity index (χ0v) is 14.1. The first-order valence-corrected chi connectivity index (χ1v) is 8.40. The zero-order chi connectivity index (χ0) is 17.8. The Morgan fingerprint density at radius 2 is 1.72 bits per heavy atom. The van der Waals surface area contributed by atoms with Crippen molar-refractivity contribution in [1.29, 1.82) is 0 Å². The van der Waals surface area contributed by atoms with Crippen molar-refractivity contribution in [1.82, 2.24) is 0 Å². The lowest BCUT2D eigenvalue weighted by molar-refractivity contribution is -0.141. The summed E-state index contributed by atoms with van der Waals surface area (Å²) in [7, 11) is 0. The van der Waals surface area contributed by atoms with E-state index in [-0.39, 0.29) is 11.8 Å². The van der Waals surface area contributed by atoms with Gasteiger partial charge < -0.3 is 15.2 Å². The number of benzene rings is 2. The smallest absolute Gasteiger partial charge is 0.306 e. The second-order valence-corrected chi connectivity index (χ2v) is 6.45. The van der Waals surface area contributed by atoms with Gasteiger partial charge in [-0.05, 0) is 50.5 Å². The number of aryl methyl sites for hydroxylation is 1. The zero-order valence-electron chi connectivity index (χ0n) is 14.1. The SMILES string of the molecule is Cc1ccc(Oc2ccccc2NC(=O)[C@@H]2CC[C@H](C(=O)O)C2)cc1. The van der Waals surface area contributed by atoms with Gasteiger partial charge in [-0.2, -0.15) is 0 Å². The lowest BCUT2D eigenvalue weighted by Crippen LogP contribution is -2.22. The van der Waals surface area contributed by atoms with Crippen LogP contribution in [0, 0.1) is 18.8 Å². The fourth-order valence-electron chi connectivity index (χ4n) is 3.07. The standard InChI is InChI=1S/C20H21NO4/c1-13-6-10-16(11-7-13)25-18-5-3-2-4-17(18)21-19(22)14-8-9-15(12-14)20(23)24/h2-7,10-11,14-15H,8-9,12H2,1H3,(H,21,22)(H,23,24)/t14-,15+/m1/s1. The highest BCUT2D eigenvalue weighted by molar-refractivity contribution is 5.94. The summed E-state index contributed by atoms with van der Waals surface area (Å²) in [5.74, 6) is -0.406. The lowest BCUT2D eigenvalue weighted by atomic mass is 10.0. The molecular formula is C20H21NO4. The van der Waals surface area contributed by atoms with E-state index in [2.05, 4.69) is 5.32 Å². The van der Waals surface area contributed by atoms with Gasteiger partial charge in [-0.15, -0.1) is 0 Å². The Balaban J connectivity index is 1.69. The van der Waals surface area contributed by atoms with Crippen LogP contribution in [-0.4, -0.2) is 17.0 Å². The molecule has 3 rings (SSSR count). The minimum atomic E-state index is -0.821. The maximum atomic E-state index is 12.5. The molecule has 5 heteroatoms. The van der Waals surface area contributed by atoms with Crippen molar-refractivity contribution in [3.05, 3.63) is 54.1 Å². The molecule has 2 aromatic rings. The number of nitrogens with one attached hydrogen (secondary N) is 1. The second-order valence-electron chi connectivity index (χ2n) is 6.45. The molecule has 1 aliphatic carbocycles. The van der Waals surface area contributed by atoms with Crippen molar-refractivity contribution in [2.45, 2.75) is 26.2 Å². The number of hydrogen-bond donors (Lipinski definition) is 2. The van der Waals surface area contributed by atoms with Gasteiger partial charge in [0.1, 0.15) is 5.75 Å². The average Bonchev–Trinajstić information content (AvgIpc) is 3.09. The van der Waals surface area contributed by atoms with Crippen LogP contribution in [0.15, 0.2) is 48.5 Å². The number of anilines is 1. The van der Waals surface area contributed by atoms with Crippen LogP contribution in [0.5, 0.6) is 11.5 Å². The molecule has 2 aromatic carbocycles. The molecule has 2 N–H and O–H groups in total. The predicted molar refractivity (Wildman–Crippen MR) is 94.8 cm³/mol. The van der Waals surface area contributed by atoms with Gasteiger partial charge in [0.15, 0.2) is 5.75 Å². The number of ether oxygens (including phenoxy) is 1. The average molecular weight is 339 g/mol. The van der Waals surface area contributed by atoms with Crippen LogP contribution in [0.2, 0.25) is 0 Å². The van der Waals surface area contributed by atoms with E-state index in [4.69, 9.17) is 9.84 Å². The molecule has 2 atom stereocenters. The number of aliphatic carboxylic acids is 1. The normalized spacial score (nSPS) is 19.4. The van der Waals surface area contributed by atoms with E-state index in [0.717, 1.165) is 5.56 Å². The van der Waals surface area contributed by atoms with Gasteiger partial charge in [0.25, 0.3) is 0 Å². The van der Waals surface area contributed by atoms with Crippen LogP contribution >= 0.6 is 0 Å². The molecule has 0 saturated heterocycles. The number of carbonyl (C=O) groups is 2. The summed E-state index contributed by atoms with van der Waals surface area (Å²) in [5.41, 5.74) is 1.73. The third-order valence-electron chi connectivity index (χ3n) is 4.55. The molecule has 25 heavy (non-hydrogen) atoms. The van der Waals surface area contributed by atoms with Crippen molar-refractivity contribution in [3.8, 4) is 11.5 Å². The van der Waals surface area contributed by atoms with Crippen molar-refractivity contribution in [3.63, 3.8) is 0 Å². The fraction of sp³-hybridized carbons (Fsp3) is 0.300. The van der Waals surface area contributed by atoms with E-state index in [1.54, 1.807) is 12.1 Å². The van der Waals surface area contributed by atoms with Crippen LogP contribution in [0.4, 0.5) is 5.69 Å². The molecule has 0 spiro atoms. The van der Waals surface area contributed by atoms with Gasteiger partial charge in [-0.1, -0.05) is 29.8 Å². The van der Waals surface area contributed by atoms with E-state index in [9.17, 15) is 9.59 Å². The summed E-state index contributed by atoms with van der Waals surface area (Å²) in [6, 6.07) is 14.9. The van der Waals surface area contributed by atoms with Crippen molar-refractivity contribution in [2.75, 3.05) is 5.32 Å². The van der Waals surface area contributed by atoms with E-state index in [0.29, 0.717) is 36.4 Å². The summed E-state index contributed by atoms with van der Waals surface area (Å²) in [6.07, 6.45) is 1.54. The Morgan fingerprint density at radius 3 is 2.40 bits per heavy atom. The van der Waals surface area contributed by atoms with Gasteiger partial charge in [0.2, 0.25) is 5.91 Å². The number of carbonyl (C=O) groups excluding carboxylic acids is 1. The highest BCUT2D eigenvalue weighted by Crippen LogP contribution is 2.34. The molecular weight excluding hydrogens is 318 g/mol. The number of amides is 1. The number of rotatable bonds is 5. The Hall–Kier alpha value is -2.82. The van der Waals surface area contributed by atoms with Gasteiger partial charge >= 0.3 is 5.97 Å². The second kappa shape index (κ2) is 7.38. The molecule has 0 heterocycles. The minimum absolute atomic E-state index is 0.149. The van der Waals surface area contributed by atoms with Gasteiger partial charge in [0, 0.05) is 5.92 Å². The number of carboxylic acids is 1. The molecule has 1 saturated carbocycles. The first-order chi connectivity index (χ1) is 12.0. The number of para-hydroxylation sites is 2. The molecule has 0 bridgehead atoms. The summed E-state index contributed by atoms with van der Waals surface area (Å²) in [5, 5.41) is 12.0. The van der Waals surface area contributed by atoms with Crippen molar-refractivity contribution < 1.29 is 19.4 Å². The molecule has 0 aliphatic heterocycles. The molecule has 0 radical (unpaired) electrons. The Kier molecular flexibility index (Phi) is 5.03. The van der Waals surface area contributed by atoms with Crippen LogP contribution in [0.25, 0.3) is 0 Å². The molecule has 1 amide bonds. The molecule has 130 valence electrons. The molecule has 0 aromatic heterocycles. The molecule has 1 aliphatic rings. The third kappa shape index (κ3) is 4.18. The van der Waals surface area contributed by atoms with E-state index in [1.807, 2.05) is 43.3 Å². The Morgan fingerprint density at radius 1 is 1.04 bits per heavy atom. The molecule has 1 fully saturated rings. The first-order valence-electron chi connectivity index (χ1n) is 8.40. The molecule has 0 unspecified atom stereocenters. The largest absolute Gasteiger partial charge is 0.481 e. The van der Waals surface area contributed by atoms with E-state index >= 15 is 0 Å². The highest BCUT2D eigenvalue weighted by Gasteiger charge is 2.34. The fourth-order valence-corrected chi connectivity index (χ4v) is 3.07. The maximum absolute atomic E-state index is 12.5. The Bertz CT molecular complexity index is 770. The van der Waals surface area contributed by atoms with Crippen LogP contribution in [-0.2, 0) is 9.59 Å². The third-order valence-corrected chi connectivity index (χ3v) is 4.55. The maximum Gasteiger partial charge on any atom is 0.306 e. The summed E-state index contributed by atoms with van der Waals surface area (Å²) < 4.78 is 5.88. The molecule has 5 nitrogen and oxygen atoms in total. The number of carboxylic acid groups (broad SMARTS) is 1. The van der Waals surface area contributed by atoms with Crippen molar-refractivity contribution in [2.24, 2.45) is 11.8 Å². The quantitative estimate of drug-likeness (QED) is 0.855. The van der Waals surface area contributed by atoms with Crippen molar-refractivity contribution >= 4 is 17.6 Å². The number of hydrogen-bond acceptors (Lipinski definition) is 3. The van der Waals surface area contributed by atoms with Crippen LogP contribution < -0.4 is 10.1 Å². The highest BCUT2D eigenvalue weighted by atomic mass is 16.5. The minimum Gasteiger partial charge on any atom is -0.481 e. The monoisotopic (exact) mass is 339 g/mol. The Labute approximate surface area is 146 Å². The summed E-state index contributed by atoms with van der Waals surface area (Å²) >= 11 is 0. The van der Waals surface area contributed by atoms with Crippen LogP contribution in [0.1, 0.15) is 24.8 Å². The lowest BCUT2D eigenvalue weighted by Gasteiger charge is -2.15. The van der Waals surface area contributed by atoms with Gasteiger partial charge in [-0.3, -0.25) is 9.59 Å². The summed E-state index contributed by atoms with van der Waals surface area (Å²) in [4.78, 5) is 23.5. The topological polar surface area (TPSA) is 75.6 Å². The van der Waals surface area contributed by atoms with E-state index < -0.39 is 11.9 Å². The first kappa shape index (κ1) is 17.0. The summed E-state index contributed by atoms with van der Waals surface area (Å²) in [6.45, 7) is 2.00. The van der Waals surface area contributed by atoms with Crippen LogP contribution in [0.3, 0.4) is 0 Å². The van der Waals surface area contributed by atoms with E-state index in [1.165, 1.54) is 0 Å².